The van der Waals surface area contributed by atoms with Gasteiger partial charge < -0.3 is 14.6 Å². The molecular formula is C15H14INO5S2. The van der Waals surface area contributed by atoms with E-state index in [1.54, 1.807) is 23.1 Å². The molecule has 0 unspecified atom stereocenters. The van der Waals surface area contributed by atoms with E-state index in [1.165, 1.54) is 18.9 Å². The SMILES string of the molecule is CCN1C(=O)C(=Cc2cc(I)c(OCC(=O)O)c(OC)c2)SC1=S. The van der Waals surface area contributed by atoms with Crippen LogP contribution in [0.15, 0.2) is 17.0 Å². The fourth-order valence-corrected chi connectivity index (χ4v) is 4.19. The van der Waals surface area contributed by atoms with Crippen LogP contribution in [0.1, 0.15) is 12.5 Å². The van der Waals surface area contributed by atoms with E-state index < -0.39 is 12.6 Å². The van der Waals surface area contributed by atoms with Crippen LogP contribution in [0, 0.1) is 3.57 Å². The third kappa shape index (κ3) is 4.19. The molecule has 1 aliphatic heterocycles. The first-order valence-corrected chi connectivity index (χ1v) is 9.15. The van der Waals surface area contributed by atoms with Gasteiger partial charge in [-0.25, -0.2) is 4.79 Å². The van der Waals surface area contributed by atoms with Crippen molar-refractivity contribution in [2.45, 2.75) is 6.92 Å². The smallest absolute Gasteiger partial charge is 0.341 e. The van der Waals surface area contributed by atoms with Crippen molar-refractivity contribution >= 4 is 68.8 Å². The second-order valence-electron chi connectivity index (χ2n) is 4.64. The summed E-state index contributed by atoms with van der Waals surface area (Å²) in [6.07, 6.45) is 1.74. The number of thiocarbonyl (C=S) groups is 1. The number of thioether (sulfide) groups is 1. The zero-order chi connectivity index (χ0) is 17.9. The van der Waals surface area contributed by atoms with Crippen LogP contribution in [0.5, 0.6) is 11.5 Å². The Labute approximate surface area is 162 Å². The van der Waals surface area contributed by atoms with E-state index in [1.807, 2.05) is 29.5 Å². The first-order valence-electron chi connectivity index (χ1n) is 6.84. The number of hydrogen-bond donors (Lipinski definition) is 1. The van der Waals surface area contributed by atoms with Gasteiger partial charge in [0.05, 0.1) is 15.6 Å². The third-order valence-corrected chi connectivity index (χ3v) is 5.26. The molecule has 24 heavy (non-hydrogen) atoms. The van der Waals surface area contributed by atoms with Gasteiger partial charge in [0.15, 0.2) is 18.1 Å². The van der Waals surface area contributed by atoms with Gasteiger partial charge in [-0.05, 0) is 53.3 Å². The largest absolute Gasteiger partial charge is 0.493 e. The lowest BCUT2D eigenvalue weighted by molar-refractivity contribution is -0.139. The number of benzene rings is 1. The molecule has 1 amide bonds. The zero-order valence-electron chi connectivity index (χ0n) is 12.9. The molecular weight excluding hydrogens is 465 g/mol. The number of aliphatic carboxylic acids is 1. The van der Waals surface area contributed by atoms with Crippen LogP contribution in [0.25, 0.3) is 6.08 Å². The van der Waals surface area contributed by atoms with Crippen LogP contribution in [0.3, 0.4) is 0 Å². The van der Waals surface area contributed by atoms with Crippen LogP contribution in [0.2, 0.25) is 0 Å². The van der Waals surface area contributed by atoms with Gasteiger partial charge >= 0.3 is 5.97 Å². The van der Waals surface area contributed by atoms with Crippen molar-refractivity contribution in [3.63, 3.8) is 0 Å². The Bertz CT molecular complexity index is 735. The molecule has 1 aliphatic rings. The zero-order valence-corrected chi connectivity index (χ0v) is 16.7. The average molecular weight is 479 g/mol. The van der Waals surface area contributed by atoms with E-state index in [-0.39, 0.29) is 5.91 Å². The maximum absolute atomic E-state index is 12.3. The van der Waals surface area contributed by atoms with Gasteiger partial charge in [0, 0.05) is 6.54 Å². The summed E-state index contributed by atoms with van der Waals surface area (Å²) < 4.78 is 11.8. The number of methoxy groups -OCH3 is 1. The molecule has 9 heteroatoms. The first-order chi connectivity index (χ1) is 11.4. The molecule has 1 heterocycles. The number of halogens is 1. The van der Waals surface area contributed by atoms with E-state index in [0.717, 1.165) is 5.56 Å². The van der Waals surface area contributed by atoms with Crippen molar-refractivity contribution in [1.82, 2.24) is 4.90 Å². The topological polar surface area (TPSA) is 76.1 Å². The molecule has 0 saturated carbocycles. The van der Waals surface area contributed by atoms with E-state index in [4.69, 9.17) is 26.8 Å². The van der Waals surface area contributed by atoms with E-state index in [0.29, 0.717) is 30.8 Å². The van der Waals surface area contributed by atoms with Gasteiger partial charge in [0.1, 0.15) is 4.32 Å². The second kappa shape index (κ2) is 8.17. The summed E-state index contributed by atoms with van der Waals surface area (Å²) in [5.41, 5.74) is 0.746. The number of hydrogen-bond acceptors (Lipinski definition) is 6. The Balaban J connectivity index is 2.34. The third-order valence-electron chi connectivity index (χ3n) is 3.08. The predicted octanol–water partition coefficient (Wildman–Crippen LogP) is 2.98. The minimum Gasteiger partial charge on any atom is -0.493 e. The predicted molar refractivity (Wildman–Crippen MR) is 104 cm³/mol. The summed E-state index contributed by atoms with van der Waals surface area (Å²) >= 11 is 8.48. The number of rotatable bonds is 6. The van der Waals surface area contributed by atoms with Crippen LogP contribution in [-0.4, -0.2) is 46.5 Å². The van der Waals surface area contributed by atoms with E-state index in [9.17, 15) is 9.59 Å². The summed E-state index contributed by atoms with van der Waals surface area (Å²) in [5.74, 6) is -0.424. The van der Waals surface area contributed by atoms with Crippen molar-refractivity contribution in [1.29, 1.82) is 0 Å². The number of carboxylic acids is 1. The first kappa shape index (κ1) is 19.0. The number of carbonyl (C=O) groups excluding carboxylic acids is 1. The maximum Gasteiger partial charge on any atom is 0.341 e. The standard InChI is InChI=1S/C15H14INO5S2/c1-3-17-14(20)11(24-15(17)23)6-8-4-9(16)13(10(5-8)21-2)22-7-12(18)19/h4-6H,3,7H2,1-2H3,(H,18,19). The van der Waals surface area contributed by atoms with Crippen molar-refractivity contribution in [2.24, 2.45) is 0 Å². The minimum absolute atomic E-state index is 0.118. The fourth-order valence-electron chi connectivity index (χ4n) is 2.02. The number of amides is 1. The maximum atomic E-state index is 12.3. The quantitative estimate of drug-likeness (QED) is 0.382. The molecule has 0 radical (unpaired) electrons. The van der Waals surface area contributed by atoms with Crippen LogP contribution >= 0.6 is 46.6 Å². The molecule has 0 spiro atoms. The molecule has 1 aromatic carbocycles. The number of likely N-dealkylation sites (N-methyl/N-ethyl adjacent to an activating group) is 1. The normalized spacial score (nSPS) is 16.0. The van der Waals surface area contributed by atoms with E-state index in [2.05, 4.69) is 0 Å². The lowest BCUT2D eigenvalue weighted by atomic mass is 10.2. The van der Waals surface area contributed by atoms with Crippen LogP contribution in [0.4, 0.5) is 0 Å². The number of ether oxygens (including phenoxy) is 2. The van der Waals surface area contributed by atoms with Gasteiger partial charge in [-0.1, -0.05) is 24.0 Å². The summed E-state index contributed by atoms with van der Waals surface area (Å²) in [6.45, 7) is 1.94. The Morgan fingerprint density at radius 2 is 2.21 bits per heavy atom. The average Bonchev–Trinajstić information content (AvgIpc) is 2.79. The monoisotopic (exact) mass is 479 g/mol. The minimum atomic E-state index is -1.07. The van der Waals surface area contributed by atoms with Gasteiger partial charge in [-0.3, -0.25) is 9.69 Å². The molecule has 0 bridgehead atoms. The summed E-state index contributed by atoms with van der Waals surface area (Å²) in [7, 11) is 1.47. The lowest BCUT2D eigenvalue weighted by Crippen LogP contribution is -2.27. The molecule has 2 rings (SSSR count). The lowest BCUT2D eigenvalue weighted by Gasteiger charge is -2.12. The van der Waals surface area contributed by atoms with Crippen LogP contribution < -0.4 is 9.47 Å². The molecule has 0 atom stereocenters. The Morgan fingerprint density at radius 1 is 1.50 bits per heavy atom. The molecule has 0 aliphatic carbocycles. The molecule has 0 aromatic heterocycles. The molecule has 1 saturated heterocycles. The summed E-state index contributed by atoms with van der Waals surface area (Å²) in [4.78, 5) is 25.0. The van der Waals surface area contributed by atoms with Gasteiger partial charge in [-0.2, -0.15) is 0 Å². The molecule has 1 fully saturated rings. The van der Waals surface area contributed by atoms with Crippen molar-refractivity contribution in [3.8, 4) is 11.5 Å². The molecule has 128 valence electrons. The van der Waals surface area contributed by atoms with Gasteiger partial charge in [-0.15, -0.1) is 0 Å². The summed E-state index contributed by atoms with van der Waals surface area (Å²) in [5, 5.41) is 8.74. The Hall–Kier alpha value is -1.33. The van der Waals surface area contributed by atoms with Crippen molar-refractivity contribution in [2.75, 3.05) is 20.3 Å². The highest BCUT2D eigenvalue weighted by atomic mass is 127. The molecule has 1 aromatic rings. The van der Waals surface area contributed by atoms with Crippen molar-refractivity contribution in [3.05, 3.63) is 26.2 Å². The Morgan fingerprint density at radius 3 is 2.75 bits per heavy atom. The Kier molecular flexibility index (Phi) is 6.47. The van der Waals surface area contributed by atoms with Crippen molar-refractivity contribution < 1.29 is 24.2 Å². The second-order valence-corrected chi connectivity index (χ2v) is 7.48. The summed E-state index contributed by atoms with van der Waals surface area (Å²) in [6, 6.07) is 3.48. The van der Waals surface area contributed by atoms with Gasteiger partial charge in [0.25, 0.3) is 5.91 Å². The number of nitrogens with zero attached hydrogens (tertiary/aromatic N) is 1. The van der Waals surface area contributed by atoms with Crippen LogP contribution in [-0.2, 0) is 9.59 Å². The van der Waals surface area contributed by atoms with Gasteiger partial charge in [0.2, 0.25) is 0 Å². The highest BCUT2D eigenvalue weighted by Gasteiger charge is 2.30. The highest BCUT2D eigenvalue weighted by molar-refractivity contribution is 14.1. The highest BCUT2D eigenvalue weighted by Crippen LogP contribution is 2.37. The fraction of sp³-hybridized carbons (Fsp3) is 0.267. The van der Waals surface area contributed by atoms with E-state index >= 15 is 0 Å². The molecule has 6 nitrogen and oxygen atoms in total. The molecule has 1 N–H and O–H groups in total. The number of carbonyl (C=O) groups is 2. The number of carboxylic acid groups (broad SMARTS) is 1.